The highest BCUT2D eigenvalue weighted by atomic mass is 16.6. The fourth-order valence-electron chi connectivity index (χ4n) is 0.192. The van der Waals surface area contributed by atoms with Crippen LogP contribution in [0, 0.1) is 0 Å². The molecule has 50 valence electrons. The molecular weight excluding hydrogens is 114 g/mol. The molecule has 0 aliphatic carbocycles. The molecule has 0 saturated carbocycles. The summed E-state index contributed by atoms with van der Waals surface area (Å²) in [6, 6.07) is 0. The van der Waals surface area contributed by atoms with Gasteiger partial charge in [0.15, 0.2) is 5.76 Å². The number of oxime groups is 1. The van der Waals surface area contributed by atoms with Crippen molar-refractivity contribution in [2.75, 3.05) is 0 Å². The predicted octanol–water partition coefficient (Wildman–Crippen LogP) is 2.09. The number of nitrogens with zero attached hydrogens (tertiary/aromatic N) is 1. The van der Waals surface area contributed by atoms with Gasteiger partial charge in [0, 0.05) is 6.92 Å². The van der Waals surface area contributed by atoms with Gasteiger partial charge in [0.25, 0.3) is 0 Å². The summed E-state index contributed by atoms with van der Waals surface area (Å²) in [6.07, 6.45) is 0. The first kappa shape index (κ1) is 7.99. The van der Waals surface area contributed by atoms with Crippen LogP contribution in [0.5, 0.6) is 0 Å². The van der Waals surface area contributed by atoms with E-state index in [4.69, 9.17) is 4.84 Å². The Kier molecular flexibility index (Phi) is 3.49. The molecule has 0 rings (SSSR count). The Labute approximate surface area is 55.5 Å². The number of hydrogen-bond donors (Lipinski definition) is 0. The third-order valence-corrected chi connectivity index (χ3v) is 0.614. The lowest BCUT2D eigenvalue weighted by atomic mass is 10.5. The summed E-state index contributed by atoms with van der Waals surface area (Å²) in [5, 5.41) is 3.67. The van der Waals surface area contributed by atoms with Crippen molar-refractivity contribution in [3.05, 3.63) is 18.1 Å². The molecule has 0 radical (unpaired) electrons. The topological polar surface area (TPSA) is 21.6 Å². The van der Waals surface area contributed by atoms with E-state index in [1.807, 2.05) is 13.8 Å². The third kappa shape index (κ3) is 4.85. The lowest BCUT2D eigenvalue weighted by Gasteiger charge is -1.92. The zero-order valence-electron chi connectivity index (χ0n) is 6.06. The largest absolute Gasteiger partial charge is 0.353 e. The SMILES string of the molecule is C=C=C(C)ON=C(C)C. The van der Waals surface area contributed by atoms with Crippen LogP contribution < -0.4 is 0 Å². The van der Waals surface area contributed by atoms with Crippen LogP contribution in [0.15, 0.2) is 23.2 Å². The van der Waals surface area contributed by atoms with Crippen LogP contribution in [-0.4, -0.2) is 5.71 Å². The first-order chi connectivity index (χ1) is 4.16. The summed E-state index contributed by atoms with van der Waals surface area (Å²) in [5.74, 6) is 0.594. The summed E-state index contributed by atoms with van der Waals surface area (Å²) in [7, 11) is 0. The fraction of sp³-hybridized carbons (Fsp3) is 0.429. The minimum absolute atomic E-state index is 0.594. The van der Waals surface area contributed by atoms with E-state index in [0.29, 0.717) is 5.76 Å². The van der Waals surface area contributed by atoms with Gasteiger partial charge in [-0.2, -0.15) is 0 Å². The van der Waals surface area contributed by atoms with E-state index in [2.05, 4.69) is 17.5 Å². The van der Waals surface area contributed by atoms with Gasteiger partial charge >= 0.3 is 0 Å². The molecule has 0 aliphatic rings. The Balaban J connectivity index is 3.78. The van der Waals surface area contributed by atoms with Gasteiger partial charge < -0.3 is 4.84 Å². The zero-order chi connectivity index (χ0) is 7.28. The van der Waals surface area contributed by atoms with Gasteiger partial charge in [-0.15, -0.1) is 0 Å². The van der Waals surface area contributed by atoms with Crippen molar-refractivity contribution in [1.82, 2.24) is 0 Å². The summed E-state index contributed by atoms with van der Waals surface area (Å²) >= 11 is 0. The molecule has 0 heterocycles. The van der Waals surface area contributed by atoms with Gasteiger partial charge in [-0.3, -0.25) is 0 Å². The van der Waals surface area contributed by atoms with E-state index in [0.717, 1.165) is 5.71 Å². The van der Waals surface area contributed by atoms with Crippen molar-refractivity contribution in [3.8, 4) is 0 Å². The fourth-order valence-corrected chi connectivity index (χ4v) is 0.192. The Morgan fingerprint density at radius 2 is 2.00 bits per heavy atom. The molecule has 0 atom stereocenters. The monoisotopic (exact) mass is 125 g/mol. The van der Waals surface area contributed by atoms with Crippen LogP contribution in [0.2, 0.25) is 0 Å². The highest BCUT2D eigenvalue weighted by molar-refractivity contribution is 5.78. The summed E-state index contributed by atoms with van der Waals surface area (Å²) in [4.78, 5) is 4.78. The second-order valence-electron chi connectivity index (χ2n) is 1.86. The van der Waals surface area contributed by atoms with E-state index >= 15 is 0 Å². The van der Waals surface area contributed by atoms with Gasteiger partial charge in [0.2, 0.25) is 0 Å². The second kappa shape index (κ2) is 3.93. The van der Waals surface area contributed by atoms with Crippen molar-refractivity contribution in [3.63, 3.8) is 0 Å². The van der Waals surface area contributed by atoms with E-state index in [1.165, 1.54) is 0 Å². The number of hydrogen-bond acceptors (Lipinski definition) is 2. The Morgan fingerprint density at radius 1 is 1.44 bits per heavy atom. The maximum Gasteiger partial charge on any atom is 0.173 e. The van der Waals surface area contributed by atoms with Crippen LogP contribution in [0.1, 0.15) is 20.8 Å². The molecule has 0 N–H and O–H groups in total. The first-order valence-corrected chi connectivity index (χ1v) is 2.71. The smallest absolute Gasteiger partial charge is 0.173 e. The second-order valence-corrected chi connectivity index (χ2v) is 1.86. The highest BCUT2D eigenvalue weighted by Gasteiger charge is 1.81. The van der Waals surface area contributed by atoms with Gasteiger partial charge in [0.05, 0.1) is 5.71 Å². The maximum atomic E-state index is 4.78. The molecule has 0 spiro atoms. The average molecular weight is 125 g/mol. The zero-order valence-corrected chi connectivity index (χ0v) is 6.06. The number of rotatable bonds is 2. The predicted molar refractivity (Wildman–Crippen MR) is 38.2 cm³/mol. The van der Waals surface area contributed by atoms with Crippen LogP contribution in [0.25, 0.3) is 0 Å². The highest BCUT2D eigenvalue weighted by Crippen LogP contribution is 1.91. The van der Waals surface area contributed by atoms with Crippen LogP contribution in [0.3, 0.4) is 0 Å². The molecule has 0 bridgehead atoms. The third-order valence-electron chi connectivity index (χ3n) is 0.614. The van der Waals surface area contributed by atoms with Crippen molar-refractivity contribution in [1.29, 1.82) is 0 Å². The molecule has 0 unspecified atom stereocenters. The van der Waals surface area contributed by atoms with Crippen molar-refractivity contribution < 1.29 is 4.84 Å². The Bertz CT molecular complexity index is 160. The molecule has 0 aliphatic heterocycles. The molecule has 0 amide bonds. The molecule has 0 fully saturated rings. The summed E-state index contributed by atoms with van der Waals surface area (Å²) < 4.78 is 0. The average Bonchev–Trinajstić information content (AvgIpc) is 1.83. The molecule has 2 heteroatoms. The quantitative estimate of drug-likeness (QED) is 0.239. The lowest BCUT2D eigenvalue weighted by molar-refractivity contribution is 0.230. The normalized spacial score (nSPS) is 7.44. The Hall–Kier alpha value is -1.01. The minimum atomic E-state index is 0.594. The van der Waals surface area contributed by atoms with Crippen LogP contribution in [0.4, 0.5) is 0 Å². The van der Waals surface area contributed by atoms with E-state index in [9.17, 15) is 0 Å². The van der Waals surface area contributed by atoms with E-state index in [-0.39, 0.29) is 0 Å². The van der Waals surface area contributed by atoms with Gasteiger partial charge in [0.1, 0.15) is 0 Å². The van der Waals surface area contributed by atoms with Gasteiger partial charge in [-0.05, 0) is 13.8 Å². The van der Waals surface area contributed by atoms with Crippen molar-refractivity contribution >= 4 is 5.71 Å². The Morgan fingerprint density at radius 3 is 2.33 bits per heavy atom. The van der Waals surface area contributed by atoms with E-state index in [1.54, 1.807) is 6.92 Å². The van der Waals surface area contributed by atoms with Crippen LogP contribution in [-0.2, 0) is 4.84 Å². The van der Waals surface area contributed by atoms with Crippen molar-refractivity contribution in [2.45, 2.75) is 20.8 Å². The first-order valence-electron chi connectivity index (χ1n) is 2.71. The summed E-state index contributed by atoms with van der Waals surface area (Å²) in [6.45, 7) is 8.85. The van der Waals surface area contributed by atoms with Crippen LogP contribution >= 0.6 is 0 Å². The van der Waals surface area contributed by atoms with Gasteiger partial charge in [-0.1, -0.05) is 17.5 Å². The molecule has 0 aromatic rings. The standard InChI is InChI=1S/C7H11NO/c1-5-7(4)9-8-6(2)3/h1H2,2-4H3. The van der Waals surface area contributed by atoms with E-state index < -0.39 is 0 Å². The lowest BCUT2D eigenvalue weighted by Crippen LogP contribution is -1.83. The minimum Gasteiger partial charge on any atom is -0.353 e. The molecule has 2 nitrogen and oxygen atoms in total. The molecule has 9 heavy (non-hydrogen) atoms. The molecule has 0 aromatic heterocycles. The number of allylic oxidation sites excluding steroid dienone is 1. The summed E-state index contributed by atoms with van der Waals surface area (Å²) in [5.41, 5.74) is 3.44. The molecule has 0 saturated heterocycles. The maximum absolute atomic E-state index is 4.78. The van der Waals surface area contributed by atoms with Crippen molar-refractivity contribution in [2.24, 2.45) is 5.16 Å². The molecule has 0 aromatic carbocycles. The van der Waals surface area contributed by atoms with Gasteiger partial charge in [-0.25, -0.2) is 0 Å². The molecular formula is C7H11NO.